The molecule has 20 heavy (non-hydrogen) atoms. The van der Waals surface area contributed by atoms with E-state index in [-0.39, 0.29) is 22.6 Å². The number of halogens is 1. The molecule has 0 saturated carbocycles. The van der Waals surface area contributed by atoms with Crippen LogP contribution >= 0.6 is 0 Å². The van der Waals surface area contributed by atoms with Gasteiger partial charge in [0.25, 0.3) is 0 Å². The molecular formula is C14H10FN3O2. The summed E-state index contributed by atoms with van der Waals surface area (Å²) in [5.74, 6) is -1.46. The maximum atomic E-state index is 13.7. The third kappa shape index (κ3) is 2.90. The van der Waals surface area contributed by atoms with Crippen LogP contribution in [0, 0.1) is 24.1 Å². The van der Waals surface area contributed by atoms with Crippen LogP contribution in [-0.2, 0) is 0 Å². The fourth-order valence-corrected chi connectivity index (χ4v) is 1.68. The Labute approximate surface area is 114 Å². The number of hydrogen-bond donors (Lipinski definition) is 2. The third-order valence-corrected chi connectivity index (χ3v) is 2.56. The van der Waals surface area contributed by atoms with Gasteiger partial charge in [-0.25, -0.2) is 14.2 Å². The highest BCUT2D eigenvalue weighted by molar-refractivity contribution is 5.88. The van der Waals surface area contributed by atoms with Crippen molar-refractivity contribution in [1.82, 2.24) is 4.98 Å². The molecule has 5 nitrogen and oxygen atoms in total. The zero-order valence-electron chi connectivity index (χ0n) is 10.5. The number of aromatic carboxylic acids is 1. The van der Waals surface area contributed by atoms with Crippen LogP contribution in [0.2, 0.25) is 0 Å². The molecule has 2 aromatic rings. The highest BCUT2D eigenvalue weighted by atomic mass is 19.1. The van der Waals surface area contributed by atoms with Crippen molar-refractivity contribution in [2.75, 3.05) is 5.32 Å². The Morgan fingerprint density at radius 1 is 1.40 bits per heavy atom. The number of nitrogens with zero attached hydrogens (tertiary/aromatic N) is 2. The fourth-order valence-electron chi connectivity index (χ4n) is 1.68. The Morgan fingerprint density at radius 2 is 2.15 bits per heavy atom. The van der Waals surface area contributed by atoms with E-state index < -0.39 is 11.8 Å². The summed E-state index contributed by atoms with van der Waals surface area (Å²) in [6.07, 6.45) is 0. The van der Waals surface area contributed by atoms with Crippen molar-refractivity contribution in [3.8, 4) is 6.07 Å². The van der Waals surface area contributed by atoms with Gasteiger partial charge in [0.15, 0.2) is 0 Å². The van der Waals surface area contributed by atoms with Gasteiger partial charge < -0.3 is 10.4 Å². The van der Waals surface area contributed by atoms with Gasteiger partial charge in [-0.15, -0.1) is 0 Å². The molecule has 1 aromatic carbocycles. The number of carbonyl (C=O) groups is 1. The maximum absolute atomic E-state index is 13.7. The van der Waals surface area contributed by atoms with Crippen molar-refractivity contribution < 1.29 is 14.3 Å². The molecule has 0 unspecified atom stereocenters. The van der Waals surface area contributed by atoms with Gasteiger partial charge in [-0.2, -0.15) is 5.26 Å². The molecule has 1 aromatic heterocycles. The third-order valence-electron chi connectivity index (χ3n) is 2.56. The fraction of sp³-hybridized carbons (Fsp3) is 0.0714. The second kappa shape index (κ2) is 5.36. The summed E-state index contributed by atoms with van der Waals surface area (Å²) in [5.41, 5.74) is 0.894. The monoisotopic (exact) mass is 271 g/mol. The number of anilines is 2. The van der Waals surface area contributed by atoms with Crippen LogP contribution in [0.3, 0.4) is 0 Å². The minimum atomic E-state index is -1.08. The van der Waals surface area contributed by atoms with Gasteiger partial charge in [-0.3, -0.25) is 0 Å². The van der Waals surface area contributed by atoms with Gasteiger partial charge in [-0.1, -0.05) is 0 Å². The van der Waals surface area contributed by atoms with E-state index in [4.69, 9.17) is 10.4 Å². The first-order valence-corrected chi connectivity index (χ1v) is 5.68. The van der Waals surface area contributed by atoms with Crippen molar-refractivity contribution in [2.24, 2.45) is 0 Å². The average Bonchev–Trinajstić information content (AvgIpc) is 2.40. The van der Waals surface area contributed by atoms with Crippen LogP contribution in [0.15, 0.2) is 30.3 Å². The topological polar surface area (TPSA) is 86.0 Å². The van der Waals surface area contributed by atoms with E-state index in [0.717, 1.165) is 6.07 Å². The standard InChI is InChI=1S/C14H10FN3O2/c1-8-4-10(14(19)20)6-13(17-8)18-12-3-2-9(7-16)5-11(12)15/h2-6H,1H3,(H,17,18)(H,19,20). The van der Waals surface area contributed by atoms with Crippen molar-refractivity contribution >= 4 is 17.5 Å². The van der Waals surface area contributed by atoms with Crippen LogP contribution < -0.4 is 5.32 Å². The zero-order valence-corrected chi connectivity index (χ0v) is 10.5. The predicted molar refractivity (Wildman–Crippen MR) is 70.3 cm³/mol. The number of benzene rings is 1. The van der Waals surface area contributed by atoms with Gasteiger partial charge >= 0.3 is 5.97 Å². The van der Waals surface area contributed by atoms with E-state index in [1.807, 2.05) is 6.07 Å². The number of rotatable bonds is 3. The summed E-state index contributed by atoms with van der Waals surface area (Å²) in [7, 11) is 0. The molecule has 1 heterocycles. The Morgan fingerprint density at radius 3 is 2.75 bits per heavy atom. The number of pyridine rings is 1. The van der Waals surface area contributed by atoms with Gasteiger partial charge in [0.1, 0.15) is 11.6 Å². The van der Waals surface area contributed by atoms with Crippen LogP contribution in [-0.4, -0.2) is 16.1 Å². The molecule has 0 atom stereocenters. The highest BCUT2D eigenvalue weighted by Crippen LogP contribution is 2.21. The summed E-state index contributed by atoms with van der Waals surface area (Å²) in [6.45, 7) is 1.65. The number of aromatic nitrogens is 1. The minimum absolute atomic E-state index is 0.0639. The van der Waals surface area contributed by atoms with E-state index in [2.05, 4.69) is 10.3 Å². The lowest BCUT2D eigenvalue weighted by Crippen LogP contribution is -2.03. The second-order valence-electron chi connectivity index (χ2n) is 4.12. The lowest BCUT2D eigenvalue weighted by molar-refractivity contribution is 0.0696. The summed E-state index contributed by atoms with van der Waals surface area (Å²) in [6, 6.07) is 8.51. The first-order chi connectivity index (χ1) is 9.49. The molecule has 6 heteroatoms. The highest BCUT2D eigenvalue weighted by Gasteiger charge is 2.09. The summed E-state index contributed by atoms with van der Waals surface area (Å²) in [5, 5.41) is 20.3. The lowest BCUT2D eigenvalue weighted by atomic mass is 10.2. The largest absolute Gasteiger partial charge is 0.478 e. The molecule has 0 spiro atoms. The lowest BCUT2D eigenvalue weighted by Gasteiger charge is -2.08. The number of hydrogen-bond acceptors (Lipinski definition) is 4. The molecule has 0 aliphatic rings. The number of nitrogens with one attached hydrogen (secondary N) is 1. The Balaban J connectivity index is 2.35. The quantitative estimate of drug-likeness (QED) is 0.896. The van der Waals surface area contributed by atoms with E-state index >= 15 is 0 Å². The van der Waals surface area contributed by atoms with Crippen LogP contribution in [0.5, 0.6) is 0 Å². The first kappa shape index (κ1) is 13.5. The van der Waals surface area contributed by atoms with Crippen LogP contribution in [0.1, 0.15) is 21.6 Å². The summed E-state index contributed by atoms with van der Waals surface area (Å²) >= 11 is 0. The number of carboxylic acid groups (broad SMARTS) is 1. The molecule has 0 amide bonds. The smallest absolute Gasteiger partial charge is 0.335 e. The molecule has 0 aliphatic carbocycles. The van der Waals surface area contributed by atoms with Crippen LogP contribution in [0.25, 0.3) is 0 Å². The van der Waals surface area contributed by atoms with Crippen molar-refractivity contribution in [2.45, 2.75) is 6.92 Å². The van der Waals surface area contributed by atoms with Gasteiger partial charge in [0.2, 0.25) is 0 Å². The van der Waals surface area contributed by atoms with E-state index in [1.165, 1.54) is 24.3 Å². The van der Waals surface area contributed by atoms with Gasteiger partial charge in [0.05, 0.1) is 22.9 Å². The van der Waals surface area contributed by atoms with Gasteiger partial charge in [-0.05, 0) is 37.3 Å². The molecule has 0 radical (unpaired) electrons. The van der Waals surface area contributed by atoms with Gasteiger partial charge in [0, 0.05) is 5.69 Å². The maximum Gasteiger partial charge on any atom is 0.335 e. The van der Waals surface area contributed by atoms with Crippen molar-refractivity contribution in [3.63, 3.8) is 0 Å². The normalized spacial score (nSPS) is 9.85. The SMILES string of the molecule is Cc1cc(C(=O)O)cc(Nc2ccc(C#N)cc2F)n1. The van der Waals surface area contributed by atoms with E-state index in [9.17, 15) is 9.18 Å². The van der Waals surface area contributed by atoms with Crippen LogP contribution in [0.4, 0.5) is 15.9 Å². The van der Waals surface area contributed by atoms with E-state index in [0.29, 0.717) is 5.69 Å². The summed E-state index contributed by atoms with van der Waals surface area (Å²) < 4.78 is 13.7. The molecule has 2 rings (SSSR count). The number of carboxylic acids is 1. The Bertz CT molecular complexity index is 723. The molecule has 0 bridgehead atoms. The molecule has 2 N–H and O–H groups in total. The number of nitriles is 1. The average molecular weight is 271 g/mol. The summed E-state index contributed by atoms with van der Waals surface area (Å²) in [4.78, 5) is 15.0. The van der Waals surface area contributed by atoms with Crippen molar-refractivity contribution in [1.29, 1.82) is 5.26 Å². The molecule has 0 saturated heterocycles. The van der Waals surface area contributed by atoms with Crippen molar-refractivity contribution in [3.05, 3.63) is 53.0 Å². The molecule has 100 valence electrons. The molecule has 0 fully saturated rings. The number of aryl methyl sites for hydroxylation is 1. The molecular weight excluding hydrogens is 261 g/mol. The Hall–Kier alpha value is -2.94. The first-order valence-electron chi connectivity index (χ1n) is 5.68. The zero-order chi connectivity index (χ0) is 14.7. The molecule has 0 aliphatic heterocycles. The minimum Gasteiger partial charge on any atom is -0.478 e. The Kier molecular flexibility index (Phi) is 3.62. The van der Waals surface area contributed by atoms with E-state index in [1.54, 1.807) is 6.92 Å². The second-order valence-corrected chi connectivity index (χ2v) is 4.12. The predicted octanol–water partition coefficient (Wildman–Crippen LogP) is 2.84.